The molecule has 1 aromatic rings. The van der Waals surface area contributed by atoms with Crippen LogP contribution in [-0.2, 0) is 11.3 Å². The van der Waals surface area contributed by atoms with Crippen LogP contribution < -0.4 is 5.32 Å². The van der Waals surface area contributed by atoms with Gasteiger partial charge in [-0.2, -0.15) is 5.10 Å². The Bertz CT molecular complexity index is 335. The van der Waals surface area contributed by atoms with Crippen LogP contribution in [0.1, 0.15) is 32.6 Å². The van der Waals surface area contributed by atoms with Gasteiger partial charge in [-0.25, -0.2) is 9.67 Å². The van der Waals surface area contributed by atoms with E-state index in [1.54, 1.807) is 11.6 Å². The van der Waals surface area contributed by atoms with Crippen molar-refractivity contribution < 1.29 is 4.79 Å². The fraction of sp³-hybridized carbons (Fsp3) is 0.667. The molecule has 0 fully saturated rings. The van der Waals surface area contributed by atoms with Crippen molar-refractivity contribution in [3.8, 4) is 0 Å². The maximum absolute atomic E-state index is 11.2. The average molecular weight is 231 g/mol. The van der Waals surface area contributed by atoms with Gasteiger partial charge in [0.1, 0.15) is 17.5 Å². The highest BCUT2D eigenvalue weighted by molar-refractivity contribution is 6.30. The van der Waals surface area contributed by atoms with E-state index in [0.29, 0.717) is 6.54 Å². The Balaban J connectivity index is 2.58. The Morgan fingerprint density at radius 2 is 2.27 bits per heavy atom. The molecule has 0 aromatic carbocycles. The van der Waals surface area contributed by atoms with Crippen LogP contribution >= 0.6 is 11.6 Å². The number of nitrogens with zero attached hydrogens (tertiary/aromatic N) is 3. The summed E-state index contributed by atoms with van der Waals surface area (Å²) in [5.41, 5.74) is 0. The molecule has 84 valence electrons. The van der Waals surface area contributed by atoms with Gasteiger partial charge in [-0.1, -0.05) is 0 Å². The molecule has 0 saturated carbocycles. The zero-order valence-corrected chi connectivity index (χ0v) is 9.82. The molecule has 0 radical (unpaired) electrons. The van der Waals surface area contributed by atoms with E-state index in [4.69, 9.17) is 11.6 Å². The molecule has 5 nitrogen and oxygen atoms in total. The van der Waals surface area contributed by atoms with Crippen molar-refractivity contribution in [2.24, 2.45) is 0 Å². The maximum Gasteiger partial charge on any atom is 0.238 e. The first-order chi connectivity index (χ1) is 7.02. The zero-order valence-electron chi connectivity index (χ0n) is 9.07. The monoisotopic (exact) mass is 230 g/mol. The van der Waals surface area contributed by atoms with Crippen molar-refractivity contribution in [2.45, 2.75) is 38.7 Å². The van der Waals surface area contributed by atoms with Crippen LogP contribution in [0.2, 0.25) is 0 Å². The number of alkyl halides is 1. The first-order valence-electron chi connectivity index (χ1n) is 4.82. The largest absolute Gasteiger partial charge is 0.348 e. The van der Waals surface area contributed by atoms with Gasteiger partial charge < -0.3 is 5.32 Å². The summed E-state index contributed by atoms with van der Waals surface area (Å²) in [6.45, 7) is 5.99. The highest BCUT2D eigenvalue weighted by Crippen LogP contribution is 2.04. The molecular weight excluding hydrogens is 216 g/mol. The summed E-state index contributed by atoms with van der Waals surface area (Å²) in [5, 5.41) is 6.22. The van der Waals surface area contributed by atoms with Crippen molar-refractivity contribution in [1.82, 2.24) is 20.1 Å². The molecule has 6 heteroatoms. The minimum Gasteiger partial charge on any atom is -0.348 e. The molecule has 1 unspecified atom stereocenters. The van der Waals surface area contributed by atoms with Crippen LogP contribution in [0.25, 0.3) is 0 Å². The summed E-state index contributed by atoms with van der Waals surface area (Å²) in [5.74, 6) is 0.533. The molecule has 1 heterocycles. The number of hydrogen-bond donors (Lipinski definition) is 1. The summed E-state index contributed by atoms with van der Waals surface area (Å²) in [6.07, 6.45) is 1.48. The summed E-state index contributed by atoms with van der Waals surface area (Å²) < 4.78 is 1.76. The quantitative estimate of drug-likeness (QED) is 0.789. The van der Waals surface area contributed by atoms with E-state index in [1.165, 1.54) is 6.33 Å². The van der Waals surface area contributed by atoms with Gasteiger partial charge in [-0.15, -0.1) is 11.6 Å². The lowest BCUT2D eigenvalue weighted by atomic mass is 10.4. The molecule has 1 aromatic heterocycles. The highest BCUT2D eigenvalue weighted by atomic mass is 35.5. The molecule has 1 atom stereocenters. The predicted octanol–water partition coefficient (Wildman–Crippen LogP) is 1.10. The Morgan fingerprint density at radius 3 is 2.80 bits per heavy atom. The summed E-state index contributed by atoms with van der Waals surface area (Å²) >= 11 is 5.62. The fourth-order valence-corrected chi connectivity index (χ4v) is 1.22. The van der Waals surface area contributed by atoms with Crippen LogP contribution in [0.5, 0.6) is 0 Å². The minimum atomic E-state index is -0.527. The van der Waals surface area contributed by atoms with Gasteiger partial charge in [0.15, 0.2) is 0 Å². The van der Waals surface area contributed by atoms with Crippen LogP contribution in [0.15, 0.2) is 6.33 Å². The lowest BCUT2D eigenvalue weighted by Gasteiger charge is -2.10. The van der Waals surface area contributed by atoms with E-state index in [-0.39, 0.29) is 11.9 Å². The second kappa shape index (κ2) is 5.11. The van der Waals surface area contributed by atoms with Crippen molar-refractivity contribution in [1.29, 1.82) is 0 Å². The normalized spacial score (nSPS) is 12.9. The highest BCUT2D eigenvalue weighted by Gasteiger charge is 2.11. The Labute approximate surface area is 93.8 Å². The van der Waals surface area contributed by atoms with Gasteiger partial charge in [-0.05, 0) is 20.8 Å². The first-order valence-corrected chi connectivity index (χ1v) is 5.26. The molecule has 0 aliphatic heterocycles. The fourth-order valence-electron chi connectivity index (χ4n) is 1.14. The van der Waals surface area contributed by atoms with Crippen LogP contribution in [0.4, 0.5) is 0 Å². The second-order valence-corrected chi connectivity index (χ2v) is 4.20. The van der Waals surface area contributed by atoms with Gasteiger partial charge in [0.25, 0.3) is 0 Å². The topological polar surface area (TPSA) is 59.8 Å². The van der Waals surface area contributed by atoms with Gasteiger partial charge in [0, 0.05) is 6.04 Å². The number of amides is 1. The van der Waals surface area contributed by atoms with Crippen molar-refractivity contribution in [3.05, 3.63) is 12.2 Å². The third-order valence-electron chi connectivity index (χ3n) is 1.92. The SMILES string of the molecule is CC(Cl)C(=O)NCc1ncnn1C(C)C. The smallest absolute Gasteiger partial charge is 0.238 e. The summed E-state index contributed by atoms with van der Waals surface area (Å²) in [6, 6.07) is 0.229. The molecule has 15 heavy (non-hydrogen) atoms. The molecule has 1 N–H and O–H groups in total. The molecule has 0 spiro atoms. The number of rotatable bonds is 4. The Hall–Kier alpha value is -1.10. The van der Waals surface area contributed by atoms with E-state index >= 15 is 0 Å². The lowest BCUT2D eigenvalue weighted by Crippen LogP contribution is -2.30. The summed E-state index contributed by atoms with van der Waals surface area (Å²) in [4.78, 5) is 15.3. The number of aromatic nitrogens is 3. The van der Waals surface area contributed by atoms with Crippen LogP contribution in [0.3, 0.4) is 0 Å². The van der Waals surface area contributed by atoms with Gasteiger partial charge in [0.2, 0.25) is 5.91 Å². The van der Waals surface area contributed by atoms with E-state index in [2.05, 4.69) is 15.4 Å². The van der Waals surface area contributed by atoms with E-state index < -0.39 is 5.38 Å². The number of carbonyl (C=O) groups excluding carboxylic acids is 1. The van der Waals surface area contributed by atoms with Crippen LogP contribution in [-0.4, -0.2) is 26.0 Å². The van der Waals surface area contributed by atoms with Gasteiger partial charge in [0.05, 0.1) is 6.54 Å². The molecule has 1 amide bonds. The number of hydrogen-bond acceptors (Lipinski definition) is 3. The van der Waals surface area contributed by atoms with E-state index in [1.807, 2.05) is 13.8 Å². The van der Waals surface area contributed by atoms with Gasteiger partial charge >= 0.3 is 0 Å². The molecular formula is C9H15ClN4O. The zero-order chi connectivity index (χ0) is 11.4. The molecule has 0 aliphatic rings. The third kappa shape index (κ3) is 3.20. The van der Waals surface area contributed by atoms with Crippen molar-refractivity contribution >= 4 is 17.5 Å². The lowest BCUT2D eigenvalue weighted by molar-refractivity contribution is -0.120. The molecule has 0 bridgehead atoms. The molecule has 0 aliphatic carbocycles. The molecule has 0 saturated heterocycles. The second-order valence-electron chi connectivity index (χ2n) is 3.55. The number of nitrogens with one attached hydrogen (secondary N) is 1. The molecule has 1 rings (SSSR count). The maximum atomic E-state index is 11.2. The first kappa shape index (κ1) is 12.0. The number of carbonyl (C=O) groups is 1. The van der Waals surface area contributed by atoms with Gasteiger partial charge in [-0.3, -0.25) is 4.79 Å². The Morgan fingerprint density at radius 1 is 1.60 bits per heavy atom. The number of halogens is 1. The van der Waals surface area contributed by atoms with E-state index in [9.17, 15) is 4.79 Å². The standard InChI is InChI=1S/C9H15ClN4O/c1-6(2)14-8(12-5-13-14)4-11-9(15)7(3)10/h5-7H,4H2,1-3H3,(H,11,15). The predicted molar refractivity (Wildman–Crippen MR) is 57.6 cm³/mol. The van der Waals surface area contributed by atoms with Crippen molar-refractivity contribution in [3.63, 3.8) is 0 Å². The van der Waals surface area contributed by atoms with Crippen LogP contribution in [0, 0.1) is 0 Å². The summed E-state index contributed by atoms with van der Waals surface area (Å²) in [7, 11) is 0. The van der Waals surface area contributed by atoms with Crippen molar-refractivity contribution in [2.75, 3.05) is 0 Å². The van der Waals surface area contributed by atoms with E-state index in [0.717, 1.165) is 5.82 Å². The minimum absolute atomic E-state index is 0.199. The third-order valence-corrected chi connectivity index (χ3v) is 2.12. The Kier molecular flexibility index (Phi) is 4.08. The average Bonchev–Trinajstić information content (AvgIpc) is 2.61.